The number of ether oxygens (including phenoxy) is 1. The molecule has 0 saturated carbocycles. The summed E-state index contributed by atoms with van der Waals surface area (Å²) in [5, 5.41) is 6.28. The Hall–Kier alpha value is -0.650. The molecule has 0 aromatic carbocycles. The molecule has 1 saturated heterocycles. The quantitative estimate of drug-likeness (QED) is 0.666. The number of amides is 1. The molecule has 1 heterocycles. The van der Waals surface area contributed by atoms with Crippen LogP contribution < -0.4 is 10.6 Å². The molecular weight excluding hydrogens is 242 g/mol. The molecule has 0 unspecified atom stereocenters. The number of nitrogens with zero attached hydrogens (tertiary/aromatic N) is 1. The largest absolute Gasteiger partial charge is 0.379 e. The van der Waals surface area contributed by atoms with Crippen molar-refractivity contribution in [3.63, 3.8) is 0 Å². The molecule has 1 aliphatic rings. The van der Waals surface area contributed by atoms with E-state index in [0.717, 1.165) is 52.4 Å². The zero-order valence-electron chi connectivity index (χ0n) is 12.6. The van der Waals surface area contributed by atoms with Gasteiger partial charge in [-0.2, -0.15) is 0 Å². The second-order valence-corrected chi connectivity index (χ2v) is 6.08. The molecule has 1 rings (SSSR count). The van der Waals surface area contributed by atoms with E-state index in [0.29, 0.717) is 6.42 Å². The Bertz CT molecular complexity index is 258. The van der Waals surface area contributed by atoms with Gasteiger partial charge < -0.3 is 15.4 Å². The van der Waals surface area contributed by atoms with E-state index in [1.807, 2.05) is 0 Å². The molecule has 0 atom stereocenters. The standard InChI is InChI=1S/C14H29N3O2/c1-14(2,3)16-7-5-13(18)15-6-4-8-17-9-11-19-12-10-17/h16H,4-12H2,1-3H3,(H,15,18). The van der Waals surface area contributed by atoms with Gasteiger partial charge in [0, 0.05) is 38.1 Å². The van der Waals surface area contributed by atoms with Gasteiger partial charge in [-0.15, -0.1) is 0 Å². The highest BCUT2D eigenvalue weighted by atomic mass is 16.5. The van der Waals surface area contributed by atoms with Crippen molar-refractivity contribution >= 4 is 5.91 Å². The first-order valence-electron chi connectivity index (χ1n) is 7.29. The van der Waals surface area contributed by atoms with Gasteiger partial charge in [0.15, 0.2) is 0 Å². The molecule has 0 aliphatic carbocycles. The molecule has 0 aromatic heterocycles. The first-order chi connectivity index (χ1) is 8.97. The first kappa shape index (κ1) is 16.4. The number of morpholine rings is 1. The van der Waals surface area contributed by atoms with Gasteiger partial charge in [-0.05, 0) is 33.7 Å². The lowest BCUT2D eigenvalue weighted by Gasteiger charge is -2.26. The van der Waals surface area contributed by atoms with Crippen molar-refractivity contribution in [2.75, 3.05) is 45.9 Å². The summed E-state index contributed by atoms with van der Waals surface area (Å²) in [6.45, 7) is 12.6. The summed E-state index contributed by atoms with van der Waals surface area (Å²) in [7, 11) is 0. The minimum atomic E-state index is 0.0800. The van der Waals surface area contributed by atoms with Gasteiger partial charge in [0.05, 0.1) is 13.2 Å². The molecule has 0 radical (unpaired) electrons. The number of carbonyl (C=O) groups excluding carboxylic acids is 1. The molecule has 1 amide bonds. The maximum Gasteiger partial charge on any atom is 0.221 e. The van der Waals surface area contributed by atoms with Crippen LogP contribution in [0.15, 0.2) is 0 Å². The third-order valence-corrected chi connectivity index (χ3v) is 3.08. The van der Waals surface area contributed by atoms with Crippen LogP contribution >= 0.6 is 0 Å². The minimum absolute atomic E-state index is 0.0800. The third-order valence-electron chi connectivity index (χ3n) is 3.08. The van der Waals surface area contributed by atoms with Crippen LogP contribution in [0.1, 0.15) is 33.6 Å². The smallest absolute Gasteiger partial charge is 0.221 e. The second kappa shape index (κ2) is 8.51. The van der Waals surface area contributed by atoms with Gasteiger partial charge in [0.1, 0.15) is 0 Å². The summed E-state index contributed by atoms with van der Waals surface area (Å²) in [4.78, 5) is 14.0. The Morgan fingerprint density at radius 3 is 2.53 bits per heavy atom. The Morgan fingerprint density at radius 1 is 1.21 bits per heavy atom. The monoisotopic (exact) mass is 271 g/mol. The number of hydrogen-bond acceptors (Lipinski definition) is 4. The Balaban J connectivity index is 1.95. The third kappa shape index (κ3) is 8.97. The molecule has 0 spiro atoms. The highest BCUT2D eigenvalue weighted by molar-refractivity contribution is 5.75. The summed E-state index contributed by atoms with van der Waals surface area (Å²) in [5.41, 5.74) is 0.0800. The van der Waals surface area contributed by atoms with Crippen LogP contribution in [0.3, 0.4) is 0 Å². The van der Waals surface area contributed by atoms with Crippen LogP contribution in [0.25, 0.3) is 0 Å². The predicted octanol–water partition coefficient (Wildman–Crippen LogP) is 0.603. The lowest BCUT2D eigenvalue weighted by Crippen LogP contribution is -2.39. The number of nitrogens with one attached hydrogen (secondary N) is 2. The van der Waals surface area contributed by atoms with Crippen LogP contribution in [0.2, 0.25) is 0 Å². The molecule has 112 valence electrons. The fourth-order valence-corrected chi connectivity index (χ4v) is 1.99. The second-order valence-electron chi connectivity index (χ2n) is 6.08. The van der Waals surface area contributed by atoms with Gasteiger partial charge in [0.2, 0.25) is 5.91 Å². The predicted molar refractivity (Wildman–Crippen MR) is 77.3 cm³/mol. The van der Waals surface area contributed by atoms with E-state index < -0.39 is 0 Å². The average Bonchev–Trinajstić information content (AvgIpc) is 2.34. The molecule has 1 fully saturated rings. The van der Waals surface area contributed by atoms with Gasteiger partial charge in [0.25, 0.3) is 0 Å². The molecule has 5 nitrogen and oxygen atoms in total. The van der Waals surface area contributed by atoms with Crippen LogP contribution in [-0.4, -0.2) is 62.3 Å². The molecule has 2 N–H and O–H groups in total. The van der Waals surface area contributed by atoms with E-state index in [1.165, 1.54) is 0 Å². The molecule has 5 heteroatoms. The number of hydrogen-bond donors (Lipinski definition) is 2. The lowest BCUT2D eigenvalue weighted by atomic mass is 10.1. The summed E-state index contributed by atoms with van der Waals surface area (Å²) >= 11 is 0. The van der Waals surface area contributed by atoms with Crippen molar-refractivity contribution in [1.82, 2.24) is 15.5 Å². The van der Waals surface area contributed by atoms with Crippen LogP contribution in [0.4, 0.5) is 0 Å². The van der Waals surface area contributed by atoms with Crippen molar-refractivity contribution < 1.29 is 9.53 Å². The number of rotatable bonds is 7. The Kier molecular flexibility index (Phi) is 7.34. The van der Waals surface area contributed by atoms with Crippen LogP contribution in [0.5, 0.6) is 0 Å². The molecular formula is C14H29N3O2. The zero-order chi connectivity index (χ0) is 14.1. The average molecular weight is 271 g/mol. The summed E-state index contributed by atoms with van der Waals surface area (Å²) in [6, 6.07) is 0. The fourth-order valence-electron chi connectivity index (χ4n) is 1.99. The van der Waals surface area contributed by atoms with Crippen LogP contribution in [0, 0.1) is 0 Å². The first-order valence-corrected chi connectivity index (χ1v) is 7.29. The minimum Gasteiger partial charge on any atom is -0.379 e. The SMILES string of the molecule is CC(C)(C)NCCC(=O)NCCCN1CCOCC1. The van der Waals surface area contributed by atoms with Gasteiger partial charge in [-0.1, -0.05) is 0 Å². The van der Waals surface area contributed by atoms with Crippen molar-refractivity contribution in [2.24, 2.45) is 0 Å². The van der Waals surface area contributed by atoms with Crippen molar-refractivity contribution in [3.8, 4) is 0 Å². The van der Waals surface area contributed by atoms with E-state index in [1.54, 1.807) is 0 Å². The Labute approximate surface area is 117 Å². The van der Waals surface area contributed by atoms with E-state index >= 15 is 0 Å². The van der Waals surface area contributed by atoms with Crippen molar-refractivity contribution in [3.05, 3.63) is 0 Å². The summed E-state index contributed by atoms with van der Waals surface area (Å²) in [6.07, 6.45) is 1.56. The highest BCUT2D eigenvalue weighted by Gasteiger charge is 2.10. The molecule has 1 aliphatic heterocycles. The van der Waals surface area contributed by atoms with Crippen molar-refractivity contribution in [1.29, 1.82) is 0 Å². The van der Waals surface area contributed by atoms with E-state index in [2.05, 4.69) is 36.3 Å². The molecule has 0 aromatic rings. The van der Waals surface area contributed by atoms with Gasteiger partial charge >= 0.3 is 0 Å². The Morgan fingerprint density at radius 2 is 1.89 bits per heavy atom. The maximum atomic E-state index is 11.6. The maximum absolute atomic E-state index is 11.6. The summed E-state index contributed by atoms with van der Waals surface area (Å²) < 4.78 is 5.30. The van der Waals surface area contributed by atoms with Crippen molar-refractivity contribution in [2.45, 2.75) is 39.2 Å². The topological polar surface area (TPSA) is 53.6 Å². The molecule has 0 bridgehead atoms. The van der Waals surface area contributed by atoms with Crippen LogP contribution in [-0.2, 0) is 9.53 Å². The zero-order valence-corrected chi connectivity index (χ0v) is 12.6. The number of carbonyl (C=O) groups is 1. The molecule has 19 heavy (non-hydrogen) atoms. The summed E-state index contributed by atoms with van der Waals surface area (Å²) in [5.74, 6) is 0.138. The van der Waals surface area contributed by atoms with Gasteiger partial charge in [-0.3, -0.25) is 9.69 Å². The van der Waals surface area contributed by atoms with E-state index in [4.69, 9.17) is 4.74 Å². The normalized spacial score (nSPS) is 17.4. The van der Waals surface area contributed by atoms with E-state index in [-0.39, 0.29) is 11.4 Å². The van der Waals surface area contributed by atoms with E-state index in [9.17, 15) is 4.79 Å². The lowest BCUT2D eigenvalue weighted by molar-refractivity contribution is -0.121. The van der Waals surface area contributed by atoms with Gasteiger partial charge in [-0.25, -0.2) is 0 Å². The highest BCUT2D eigenvalue weighted by Crippen LogP contribution is 1.98. The fraction of sp³-hybridized carbons (Fsp3) is 0.929.